The Bertz CT molecular complexity index is 1150. The van der Waals surface area contributed by atoms with Gasteiger partial charge in [0.15, 0.2) is 17.1 Å². The molecule has 0 saturated carbocycles. The molecule has 0 aliphatic carbocycles. The summed E-state index contributed by atoms with van der Waals surface area (Å²) in [6, 6.07) is 9.85. The fourth-order valence-corrected chi connectivity index (χ4v) is 4.29. The molecule has 1 atom stereocenters. The third-order valence-electron chi connectivity index (χ3n) is 5.97. The Kier molecular flexibility index (Phi) is 5.10. The highest BCUT2D eigenvalue weighted by atomic mass is 16.6. The van der Waals surface area contributed by atoms with Crippen LogP contribution in [0.1, 0.15) is 42.2 Å². The Labute approximate surface area is 181 Å². The number of hydrogen-bond donors (Lipinski definition) is 1. The monoisotopic (exact) mass is 418 g/mol. The van der Waals surface area contributed by atoms with E-state index in [1.807, 2.05) is 42.2 Å². The van der Waals surface area contributed by atoms with Gasteiger partial charge in [-0.3, -0.25) is 4.79 Å². The van der Waals surface area contributed by atoms with Gasteiger partial charge in [0, 0.05) is 41.6 Å². The zero-order valence-electron chi connectivity index (χ0n) is 17.9. The molecule has 0 bridgehead atoms. The van der Waals surface area contributed by atoms with Crippen LogP contribution >= 0.6 is 0 Å². The van der Waals surface area contributed by atoms with Crippen LogP contribution in [0.3, 0.4) is 0 Å². The summed E-state index contributed by atoms with van der Waals surface area (Å²) in [7, 11) is 0. The number of ether oxygens (including phenoxy) is 2. The quantitative estimate of drug-likeness (QED) is 0.676. The van der Waals surface area contributed by atoms with Crippen LogP contribution in [0.25, 0.3) is 11.0 Å². The molecule has 3 aromatic rings. The van der Waals surface area contributed by atoms with E-state index in [-0.39, 0.29) is 11.9 Å². The van der Waals surface area contributed by atoms with Crippen LogP contribution in [0, 0.1) is 6.92 Å². The SMILES string of the molecule is Cc1ccc2c(Nc3ccc4c(c3)OCCO4)c(C(=O)N3CCCCC3C)cnc2n1. The fourth-order valence-electron chi connectivity index (χ4n) is 4.29. The third-order valence-corrected chi connectivity index (χ3v) is 5.97. The first-order valence-electron chi connectivity index (χ1n) is 10.8. The zero-order chi connectivity index (χ0) is 21.4. The highest BCUT2D eigenvalue weighted by Gasteiger charge is 2.27. The number of fused-ring (bicyclic) bond motifs is 2. The number of hydrogen-bond acceptors (Lipinski definition) is 6. The second-order valence-corrected chi connectivity index (χ2v) is 8.20. The number of nitrogens with one attached hydrogen (secondary N) is 1. The Hall–Kier alpha value is -3.35. The molecule has 1 saturated heterocycles. The molecule has 0 radical (unpaired) electrons. The summed E-state index contributed by atoms with van der Waals surface area (Å²) >= 11 is 0. The van der Waals surface area contributed by atoms with E-state index in [1.54, 1.807) is 6.20 Å². The maximum absolute atomic E-state index is 13.5. The number of carbonyl (C=O) groups is 1. The number of carbonyl (C=O) groups excluding carboxylic acids is 1. The van der Waals surface area contributed by atoms with E-state index < -0.39 is 0 Å². The largest absolute Gasteiger partial charge is 0.486 e. The van der Waals surface area contributed by atoms with Gasteiger partial charge in [0.1, 0.15) is 13.2 Å². The predicted molar refractivity (Wildman–Crippen MR) is 119 cm³/mol. The van der Waals surface area contributed by atoms with Crippen LogP contribution in [-0.4, -0.2) is 46.6 Å². The Balaban J connectivity index is 1.59. The molecule has 1 unspecified atom stereocenters. The molecule has 2 aliphatic rings. The van der Waals surface area contributed by atoms with Gasteiger partial charge >= 0.3 is 0 Å². The van der Waals surface area contributed by atoms with Crippen molar-refractivity contribution in [3.05, 3.63) is 47.8 Å². The predicted octanol–water partition coefficient (Wildman–Crippen LogP) is 4.47. The normalized spacial score (nSPS) is 18.1. The van der Waals surface area contributed by atoms with E-state index >= 15 is 0 Å². The molecular formula is C24H26N4O3. The minimum Gasteiger partial charge on any atom is -0.486 e. The number of rotatable bonds is 3. The van der Waals surface area contributed by atoms with E-state index in [0.29, 0.717) is 30.2 Å². The summed E-state index contributed by atoms with van der Waals surface area (Å²) in [5.41, 5.74) is 3.59. The number of pyridine rings is 2. The van der Waals surface area contributed by atoms with Crippen LogP contribution in [0.5, 0.6) is 11.5 Å². The molecule has 5 rings (SSSR count). The molecule has 160 valence electrons. The number of aromatic nitrogens is 2. The smallest absolute Gasteiger partial charge is 0.257 e. The van der Waals surface area contributed by atoms with Crippen molar-refractivity contribution in [2.75, 3.05) is 25.1 Å². The van der Waals surface area contributed by atoms with Gasteiger partial charge in [-0.25, -0.2) is 9.97 Å². The molecule has 31 heavy (non-hydrogen) atoms. The highest BCUT2D eigenvalue weighted by Crippen LogP contribution is 2.36. The topological polar surface area (TPSA) is 76.6 Å². The fraction of sp³-hybridized carbons (Fsp3) is 0.375. The molecule has 1 aromatic carbocycles. The number of piperidine rings is 1. The second-order valence-electron chi connectivity index (χ2n) is 8.20. The zero-order valence-corrected chi connectivity index (χ0v) is 17.9. The van der Waals surface area contributed by atoms with Crippen molar-refractivity contribution in [2.24, 2.45) is 0 Å². The van der Waals surface area contributed by atoms with Crippen LogP contribution in [0.4, 0.5) is 11.4 Å². The standard InChI is InChI=1S/C24H26N4O3/c1-15-6-8-18-22(27-17-7-9-20-21(13-17)31-12-11-30-20)19(14-25-23(18)26-15)24(29)28-10-4-3-5-16(28)2/h6-9,13-14,16H,3-5,10-12H2,1-2H3,(H,25,26,27). The molecule has 2 aromatic heterocycles. The third kappa shape index (κ3) is 3.76. The van der Waals surface area contributed by atoms with E-state index in [0.717, 1.165) is 54.0 Å². The van der Waals surface area contributed by atoms with Crippen molar-refractivity contribution in [3.8, 4) is 11.5 Å². The van der Waals surface area contributed by atoms with Crippen molar-refractivity contribution in [1.82, 2.24) is 14.9 Å². The van der Waals surface area contributed by atoms with E-state index in [4.69, 9.17) is 9.47 Å². The minimum absolute atomic E-state index is 0.00205. The van der Waals surface area contributed by atoms with Crippen LogP contribution < -0.4 is 14.8 Å². The van der Waals surface area contributed by atoms with Gasteiger partial charge in [0.05, 0.1) is 11.3 Å². The summed E-state index contributed by atoms with van der Waals surface area (Å²) in [5, 5.41) is 4.27. The van der Waals surface area contributed by atoms with Gasteiger partial charge in [-0.05, 0) is 57.4 Å². The maximum Gasteiger partial charge on any atom is 0.257 e. The molecule has 2 aliphatic heterocycles. The Morgan fingerprint density at radius 3 is 2.81 bits per heavy atom. The summed E-state index contributed by atoms with van der Waals surface area (Å²) < 4.78 is 11.4. The molecule has 1 amide bonds. The molecule has 7 heteroatoms. The first kappa shape index (κ1) is 19.6. The number of anilines is 2. The van der Waals surface area contributed by atoms with Crippen molar-refractivity contribution in [1.29, 1.82) is 0 Å². The molecular weight excluding hydrogens is 392 g/mol. The first-order valence-corrected chi connectivity index (χ1v) is 10.8. The van der Waals surface area contributed by atoms with Crippen molar-refractivity contribution < 1.29 is 14.3 Å². The summed E-state index contributed by atoms with van der Waals surface area (Å²) in [4.78, 5) is 24.6. The van der Waals surface area contributed by atoms with Crippen LogP contribution in [0.15, 0.2) is 36.5 Å². The lowest BCUT2D eigenvalue weighted by Gasteiger charge is -2.34. The van der Waals surface area contributed by atoms with Gasteiger partial charge in [-0.1, -0.05) is 0 Å². The molecule has 4 heterocycles. The van der Waals surface area contributed by atoms with E-state index in [2.05, 4.69) is 22.2 Å². The van der Waals surface area contributed by atoms with Gasteiger partial charge in [-0.2, -0.15) is 0 Å². The van der Waals surface area contributed by atoms with Gasteiger partial charge in [0.2, 0.25) is 0 Å². The van der Waals surface area contributed by atoms with Crippen molar-refractivity contribution in [2.45, 2.75) is 39.2 Å². The lowest BCUT2D eigenvalue weighted by Crippen LogP contribution is -2.42. The van der Waals surface area contributed by atoms with Gasteiger partial charge in [0.25, 0.3) is 5.91 Å². The molecule has 7 nitrogen and oxygen atoms in total. The van der Waals surface area contributed by atoms with E-state index in [1.165, 1.54) is 0 Å². The van der Waals surface area contributed by atoms with Gasteiger partial charge in [-0.15, -0.1) is 0 Å². The summed E-state index contributed by atoms with van der Waals surface area (Å²) in [6.45, 7) is 5.89. The number of nitrogens with zero attached hydrogens (tertiary/aromatic N) is 3. The maximum atomic E-state index is 13.5. The lowest BCUT2D eigenvalue weighted by molar-refractivity contribution is 0.0636. The molecule has 1 fully saturated rings. The average molecular weight is 418 g/mol. The average Bonchev–Trinajstić information content (AvgIpc) is 2.79. The Morgan fingerprint density at radius 1 is 1.13 bits per heavy atom. The van der Waals surface area contributed by atoms with E-state index in [9.17, 15) is 4.79 Å². The first-order chi connectivity index (χ1) is 15.1. The number of aryl methyl sites for hydroxylation is 1. The van der Waals surface area contributed by atoms with Crippen LogP contribution in [0.2, 0.25) is 0 Å². The number of likely N-dealkylation sites (tertiary alicyclic amines) is 1. The summed E-state index contributed by atoms with van der Waals surface area (Å²) in [6.07, 6.45) is 4.87. The number of benzene rings is 1. The Morgan fingerprint density at radius 2 is 1.97 bits per heavy atom. The number of amides is 1. The van der Waals surface area contributed by atoms with Crippen LogP contribution in [-0.2, 0) is 0 Å². The molecule has 1 N–H and O–H groups in total. The summed E-state index contributed by atoms with van der Waals surface area (Å²) in [5.74, 6) is 1.43. The van der Waals surface area contributed by atoms with Crippen molar-refractivity contribution in [3.63, 3.8) is 0 Å². The van der Waals surface area contributed by atoms with Crippen molar-refractivity contribution >= 4 is 28.3 Å². The second kappa shape index (κ2) is 8.06. The molecule has 0 spiro atoms. The highest BCUT2D eigenvalue weighted by molar-refractivity contribution is 6.07. The minimum atomic E-state index is 0.00205. The lowest BCUT2D eigenvalue weighted by atomic mass is 10.0. The van der Waals surface area contributed by atoms with Gasteiger partial charge < -0.3 is 19.7 Å².